The molecule has 32 heavy (non-hydrogen) atoms. The number of carbonyl (C=O) groups is 1. The number of ether oxygens (including phenoxy) is 1. The highest BCUT2D eigenvalue weighted by molar-refractivity contribution is 7.91. The molecule has 176 valence electrons. The van der Waals surface area contributed by atoms with Crippen LogP contribution in [0.15, 0.2) is 28.5 Å². The number of alkyl halides is 3. The molecule has 1 N–H and O–H groups in total. The number of benzene rings is 1. The summed E-state index contributed by atoms with van der Waals surface area (Å²) in [5.41, 5.74) is 0.0816. The summed E-state index contributed by atoms with van der Waals surface area (Å²) in [6.07, 6.45) is -3.55. The quantitative estimate of drug-likeness (QED) is 0.589. The molecule has 0 aliphatic carbocycles. The summed E-state index contributed by atoms with van der Waals surface area (Å²) in [5, 5.41) is 0. The normalized spacial score (nSPS) is 15.9. The van der Waals surface area contributed by atoms with Crippen LogP contribution in [0.25, 0.3) is 0 Å². The van der Waals surface area contributed by atoms with Crippen molar-refractivity contribution in [3.8, 4) is 0 Å². The number of thiophene rings is 1. The number of hydrogen-bond acceptors (Lipinski definition) is 6. The number of hydrogen-bond donors (Lipinski definition) is 1. The van der Waals surface area contributed by atoms with Gasteiger partial charge in [-0.3, -0.25) is 4.90 Å². The van der Waals surface area contributed by atoms with Crippen molar-refractivity contribution < 1.29 is 31.1 Å². The molecule has 0 saturated heterocycles. The van der Waals surface area contributed by atoms with Gasteiger partial charge in [0.15, 0.2) is 0 Å². The molecule has 0 bridgehead atoms. The molecule has 1 aliphatic rings. The highest BCUT2D eigenvalue weighted by Crippen LogP contribution is 2.38. The Labute approximate surface area is 189 Å². The van der Waals surface area contributed by atoms with Crippen molar-refractivity contribution >= 4 is 27.3 Å². The van der Waals surface area contributed by atoms with Crippen molar-refractivity contribution in [2.45, 2.75) is 56.2 Å². The molecule has 1 aromatic carbocycles. The minimum absolute atomic E-state index is 0.0265. The van der Waals surface area contributed by atoms with E-state index in [1.54, 1.807) is 13.0 Å². The summed E-state index contributed by atoms with van der Waals surface area (Å²) >= 11 is 0.974. The lowest BCUT2D eigenvalue weighted by Gasteiger charge is -2.28. The van der Waals surface area contributed by atoms with Crippen LogP contribution in [0.1, 0.15) is 52.2 Å². The van der Waals surface area contributed by atoms with Crippen molar-refractivity contribution in [3.63, 3.8) is 0 Å². The molecule has 2 aromatic rings. The van der Waals surface area contributed by atoms with E-state index in [0.717, 1.165) is 17.4 Å². The fourth-order valence-electron chi connectivity index (χ4n) is 3.64. The average Bonchev–Trinajstić information content (AvgIpc) is 3.12. The van der Waals surface area contributed by atoms with Crippen LogP contribution in [0.2, 0.25) is 0 Å². The number of fused-ring (bicyclic) bond motifs is 1. The van der Waals surface area contributed by atoms with Gasteiger partial charge in [-0.25, -0.2) is 17.9 Å². The van der Waals surface area contributed by atoms with Crippen molar-refractivity contribution in [1.82, 2.24) is 9.62 Å². The lowest BCUT2D eigenvalue weighted by atomic mass is 10.0. The lowest BCUT2D eigenvalue weighted by molar-refractivity contribution is -0.138. The van der Waals surface area contributed by atoms with Crippen molar-refractivity contribution in [2.75, 3.05) is 13.7 Å². The van der Waals surface area contributed by atoms with Gasteiger partial charge in [0.2, 0.25) is 0 Å². The van der Waals surface area contributed by atoms with Crippen molar-refractivity contribution in [2.24, 2.45) is 0 Å². The summed E-state index contributed by atoms with van der Waals surface area (Å²) in [4.78, 5) is 14.9. The number of methoxy groups -OCH3 is 1. The zero-order chi connectivity index (χ0) is 23.7. The number of nitrogens with zero attached hydrogens (tertiary/aromatic N) is 1. The van der Waals surface area contributed by atoms with Gasteiger partial charge in [0, 0.05) is 30.6 Å². The van der Waals surface area contributed by atoms with Crippen LogP contribution in [-0.2, 0) is 40.4 Å². The van der Waals surface area contributed by atoms with Gasteiger partial charge in [-0.1, -0.05) is 25.1 Å². The minimum atomic E-state index is -4.46. The third kappa shape index (κ3) is 5.16. The molecule has 6 nitrogen and oxygen atoms in total. The molecule has 1 unspecified atom stereocenters. The molecule has 0 fully saturated rings. The average molecular weight is 491 g/mol. The molecule has 3 rings (SSSR count). The van der Waals surface area contributed by atoms with E-state index >= 15 is 0 Å². The largest absolute Gasteiger partial charge is 0.465 e. The second kappa shape index (κ2) is 9.50. The summed E-state index contributed by atoms with van der Waals surface area (Å²) < 4.78 is 73.2. The Kier molecular flexibility index (Phi) is 7.33. The zero-order valence-electron chi connectivity index (χ0n) is 18.0. The van der Waals surface area contributed by atoms with Crippen LogP contribution in [0.5, 0.6) is 0 Å². The maximum atomic E-state index is 13.3. The minimum Gasteiger partial charge on any atom is -0.465 e. The predicted molar refractivity (Wildman–Crippen MR) is 115 cm³/mol. The van der Waals surface area contributed by atoms with E-state index in [2.05, 4.69) is 4.72 Å². The van der Waals surface area contributed by atoms with Gasteiger partial charge in [0.25, 0.3) is 10.0 Å². The van der Waals surface area contributed by atoms with Gasteiger partial charge in [-0.15, -0.1) is 11.3 Å². The summed E-state index contributed by atoms with van der Waals surface area (Å²) in [5.74, 6) is -0.733. The standard InChI is InChI=1S/C21H25F3N2O4S2/c1-4-13(2)25-32(28,29)20-18(19(27)30-3)15-9-10-26(12-17(15)31-20)11-14-7-5-6-8-16(14)21(22,23)24/h5-8,13,25H,4,9-12H2,1-3H3. The van der Waals surface area contributed by atoms with Crippen LogP contribution in [0.4, 0.5) is 13.2 Å². The number of carbonyl (C=O) groups excluding carboxylic acids is 1. The molecule has 2 heterocycles. The van der Waals surface area contributed by atoms with Crippen LogP contribution >= 0.6 is 11.3 Å². The first-order chi connectivity index (χ1) is 15.0. The maximum absolute atomic E-state index is 13.3. The Hall–Kier alpha value is -1.95. The fourth-order valence-corrected chi connectivity index (χ4v) is 6.91. The third-order valence-corrected chi connectivity index (χ3v) is 8.75. The molecule has 0 amide bonds. The summed E-state index contributed by atoms with van der Waals surface area (Å²) in [6.45, 7) is 4.26. The van der Waals surface area contributed by atoms with E-state index in [4.69, 9.17) is 4.74 Å². The van der Waals surface area contributed by atoms with Gasteiger partial charge in [0.1, 0.15) is 4.21 Å². The summed E-state index contributed by atoms with van der Waals surface area (Å²) in [7, 11) is -2.76. The van der Waals surface area contributed by atoms with Crippen molar-refractivity contribution in [1.29, 1.82) is 0 Å². The Bertz CT molecular complexity index is 1100. The molecule has 1 aliphatic heterocycles. The Morgan fingerprint density at radius 3 is 2.62 bits per heavy atom. The van der Waals surface area contributed by atoms with E-state index in [-0.39, 0.29) is 34.5 Å². The van der Waals surface area contributed by atoms with Crippen molar-refractivity contribution in [3.05, 3.63) is 51.4 Å². The van der Waals surface area contributed by atoms with Gasteiger partial charge >= 0.3 is 12.1 Å². The number of sulfonamides is 1. The first kappa shape index (κ1) is 24.7. The van der Waals surface area contributed by atoms with E-state index in [1.165, 1.54) is 19.2 Å². The molecule has 11 heteroatoms. The molecule has 0 radical (unpaired) electrons. The first-order valence-electron chi connectivity index (χ1n) is 10.1. The number of esters is 1. The van der Waals surface area contributed by atoms with Crippen LogP contribution in [0.3, 0.4) is 0 Å². The number of rotatable bonds is 7. The van der Waals surface area contributed by atoms with Gasteiger partial charge < -0.3 is 4.74 Å². The smallest absolute Gasteiger partial charge is 0.416 e. The van der Waals surface area contributed by atoms with Crippen LogP contribution in [-0.4, -0.2) is 39.0 Å². The van der Waals surface area contributed by atoms with E-state index in [0.29, 0.717) is 29.8 Å². The SMILES string of the molecule is CCC(C)NS(=O)(=O)c1sc2c(c1C(=O)OC)CCN(Cc1ccccc1C(F)(F)F)C2. The Balaban J connectivity index is 1.94. The molecule has 0 saturated carbocycles. The first-order valence-corrected chi connectivity index (χ1v) is 12.4. The highest BCUT2D eigenvalue weighted by atomic mass is 32.2. The maximum Gasteiger partial charge on any atom is 0.416 e. The van der Waals surface area contributed by atoms with E-state index in [1.807, 2.05) is 11.8 Å². The monoisotopic (exact) mass is 490 g/mol. The Morgan fingerprint density at radius 2 is 2.00 bits per heavy atom. The number of halogens is 3. The second-order valence-corrected chi connectivity index (χ2v) is 10.7. The Morgan fingerprint density at radius 1 is 1.31 bits per heavy atom. The molecular weight excluding hydrogens is 465 g/mol. The molecule has 1 atom stereocenters. The fraction of sp³-hybridized carbons (Fsp3) is 0.476. The zero-order valence-corrected chi connectivity index (χ0v) is 19.6. The topological polar surface area (TPSA) is 75.7 Å². The highest BCUT2D eigenvalue weighted by Gasteiger charge is 2.36. The third-order valence-electron chi connectivity index (χ3n) is 5.42. The summed E-state index contributed by atoms with van der Waals surface area (Å²) in [6, 6.07) is 5.09. The lowest BCUT2D eigenvalue weighted by Crippen LogP contribution is -2.32. The predicted octanol–water partition coefficient (Wildman–Crippen LogP) is 4.19. The van der Waals surface area contributed by atoms with Gasteiger partial charge in [0.05, 0.1) is 18.2 Å². The van der Waals surface area contributed by atoms with E-state index in [9.17, 15) is 26.4 Å². The van der Waals surface area contributed by atoms with E-state index < -0.39 is 27.7 Å². The van der Waals surface area contributed by atoms with Crippen LogP contribution < -0.4 is 4.72 Å². The van der Waals surface area contributed by atoms with Crippen LogP contribution in [0, 0.1) is 0 Å². The second-order valence-electron chi connectivity index (χ2n) is 7.70. The van der Waals surface area contributed by atoms with Gasteiger partial charge in [-0.2, -0.15) is 13.2 Å². The number of nitrogens with one attached hydrogen (secondary N) is 1. The molecular formula is C21H25F3N2O4S2. The van der Waals surface area contributed by atoms with Gasteiger partial charge in [-0.05, 0) is 37.0 Å². The molecule has 0 spiro atoms. The molecule has 1 aromatic heterocycles.